The molecule has 0 saturated carbocycles. The molecular formula is C20H21N5O2S3. The third-order valence-corrected chi connectivity index (χ3v) is 8.66. The molecule has 10 heteroatoms. The highest BCUT2D eigenvalue weighted by atomic mass is 32.2. The van der Waals surface area contributed by atoms with Crippen LogP contribution in [0.1, 0.15) is 41.4 Å². The Labute approximate surface area is 184 Å². The summed E-state index contributed by atoms with van der Waals surface area (Å²) in [4.78, 5) is 37.4. The van der Waals surface area contributed by atoms with Gasteiger partial charge in [0.15, 0.2) is 5.16 Å². The molecule has 0 amide bonds. The lowest BCUT2D eigenvalue weighted by Crippen LogP contribution is -2.23. The zero-order chi connectivity index (χ0) is 21.0. The summed E-state index contributed by atoms with van der Waals surface area (Å²) in [6.45, 7) is 6.62. The number of hydrogen-bond donors (Lipinski definition) is 0. The lowest BCUT2D eigenvalue weighted by Gasteiger charge is -2.17. The molecule has 0 radical (unpaired) electrons. The van der Waals surface area contributed by atoms with Gasteiger partial charge in [-0.05, 0) is 44.6 Å². The summed E-state index contributed by atoms with van der Waals surface area (Å²) in [5.41, 5.74) is 1.80. The van der Waals surface area contributed by atoms with Crippen LogP contribution in [0.25, 0.3) is 15.2 Å². The first-order valence-electron chi connectivity index (χ1n) is 9.99. The minimum Gasteiger partial charge on any atom is -0.287 e. The summed E-state index contributed by atoms with van der Waals surface area (Å²) < 4.78 is 3.10. The number of thioether (sulfide) groups is 1. The first-order chi connectivity index (χ1) is 14.4. The Morgan fingerprint density at radius 1 is 1.27 bits per heavy atom. The summed E-state index contributed by atoms with van der Waals surface area (Å²) in [6.07, 6.45) is 3.14. The van der Waals surface area contributed by atoms with Gasteiger partial charge in [0.1, 0.15) is 9.84 Å². The van der Waals surface area contributed by atoms with Crippen molar-refractivity contribution in [2.24, 2.45) is 5.92 Å². The van der Waals surface area contributed by atoms with Gasteiger partial charge in [-0.15, -0.1) is 11.3 Å². The second-order valence-corrected chi connectivity index (χ2v) is 10.8. The third kappa shape index (κ3) is 3.30. The lowest BCUT2D eigenvalue weighted by molar-refractivity contribution is 0.509. The molecule has 0 bridgehead atoms. The van der Waals surface area contributed by atoms with Crippen molar-refractivity contribution >= 4 is 49.6 Å². The Balaban J connectivity index is 1.52. The molecule has 0 N–H and O–H groups in total. The van der Waals surface area contributed by atoms with Crippen molar-refractivity contribution in [2.75, 3.05) is 0 Å². The molecule has 0 aromatic carbocycles. The molecule has 30 heavy (non-hydrogen) atoms. The highest BCUT2D eigenvalue weighted by Gasteiger charge is 2.24. The van der Waals surface area contributed by atoms with Gasteiger partial charge in [-0.3, -0.25) is 14.2 Å². The fourth-order valence-corrected chi connectivity index (χ4v) is 7.36. The van der Waals surface area contributed by atoms with Crippen LogP contribution in [0.2, 0.25) is 0 Å². The minimum atomic E-state index is -0.173. The number of aryl methyl sites for hydroxylation is 2. The van der Waals surface area contributed by atoms with E-state index >= 15 is 0 Å². The van der Waals surface area contributed by atoms with Crippen molar-refractivity contribution in [3.05, 3.63) is 47.9 Å². The summed E-state index contributed by atoms with van der Waals surface area (Å²) in [5.74, 6) is 1.19. The van der Waals surface area contributed by atoms with Crippen LogP contribution < -0.4 is 11.1 Å². The van der Waals surface area contributed by atoms with Crippen LogP contribution in [-0.2, 0) is 25.1 Å². The summed E-state index contributed by atoms with van der Waals surface area (Å²) in [5, 5.41) is 6.71. The Hall–Kier alpha value is -2.04. The van der Waals surface area contributed by atoms with Crippen molar-refractivity contribution in [3.8, 4) is 0 Å². The van der Waals surface area contributed by atoms with E-state index in [1.807, 2.05) is 6.92 Å². The smallest absolute Gasteiger partial charge is 0.275 e. The van der Waals surface area contributed by atoms with Crippen molar-refractivity contribution in [2.45, 2.75) is 57.5 Å². The molecule has 0 fully saturated rings. The van der Waals surface area contributed by atoms with Crippen LogP contribution in [0.15, 0.2) is 20.8 Å². The molecule has 0 aliphatic heterocycles. The number of hydrogen-bond acceptors (Lipinski definition) is 8. The molecule has 1 aliphatic carbocycles. The van der Waals surface area contributed by atoms with Gasteiger partial charge in [0, 0.05) is 23.2 Å². The second-order valence-electron chi connectivity index (χ2n) is 7.69. The van der Waals surface area contributed by atoms with Crippen LogP contribution in [0, 0.1) is 12.8 Å². The fourth-order valence-electron chi connectivity index (χ4n) is 3.94. The number of nitrogens with zero attached hydrogens (tertiary/aromatic N) is 5. The first-order valence-corrected chi connectivity index (χ1v) is 12.6. The molecule has 1 aliphatic rings. The zero-order valence-corrected chi connectivity index (χ0v) is 19.4. The maximum atomic E-state index is 13.3. The minimum absolute atomic E-state index is 0.0647. The summed E-state index contributed by atoms with van der Waals surface area (Å²) >= 11 is 4.56. The van der Waals surface area contributed by atoms with E-state index in [0.29, 0.717) is 34.0 Å². The van der Waals surface area contributed by atoms with Gasteiger partial charge in [-0.1, -0.05) is 30.0 Å². The van der Waals surface area contributed by atoms with Gasteiger partial charge in [0.05, 0.1) is 11.1 Å². The average molecular weight is 460 g/mol. The molecule has 156 valence electrons. The molecule has 1 atom stereocenters. The Morgan fingerprint density at radius 3 is 2.90 bits per heavy atom. The van der Waals surface area contributed by atoms with Crippen LogP contribution in [0.4, 0.5) is 0 Å². The highest BCUT2D eigenvalue weighted by Crippen LogP contribution is 2.36. The molecule has 5 rings (SSSR count). The standard InChI is InChI=1S/C20H21N5O2S3/c1-4-24-18(27)16-12-6-5-10(2)7-13(12)29-17(16)22-19(24)28-9-14-23-25-15(26)8-11(3)21-20(25)30-14/h8,10H,4-7,9H2,1-3H3. The monoisotopic (exact) mass is 459 g/mol. The van der Waals surface area contributed by atoms with E-state index in [4.69, 9.17) is 4.98 Å². The molecule has 1 unspecified atom stereocenters. The maximum Gasteiger partial charge on any atom is 0.275 e. The van der Waals surface area contributed by atoms with Crippen molar-refractivity contribution in [1.82, 2.24) is 24.1 Å². The number of fused-ring (bicyclic) bond motifs is 4. The van der Waals surface area contributed by atoms with Gasteiger partial charge in [0.25, 0.3) is 11.1 Å². The predicted octanol–water partition coefficient (Wildman–Crippen LogP) is 3.67. The SMILES string of the molecule is CCn1c(SCc2nn3c(=O)cc(C)nc3s2)nc2sc3c(c2c1=O)CCC(C)C3. The normalized spacial score (nSPS) is 16.4. The topological polar surface area (TPSA) is 82.2 Å². The molecule has 4 aromatic heterocycles. The Morgan fingerprint density at radius 2 is 2.10 bits per heavy atom. The number of aromatic nitrogens is 5. The molecule has 0 saturated heterocycles. The zero-order valence-electron chi connectivity index (χ0n) is 17.0. The van der Waals surface area contributed by atoms with E-state index in [0.717, 1.165) is 34.5 Å². The van der Waals surface area contributed by atoms with Gasteiger partial charge >= 0.3 is 0 Å². The Bertz CT molecular complexity index is 1400. The lowest BCUT2D eigenvalue weighted by atomic mass is 9.89. The molecule has 4 heterocycles. The van der Waals surface area contributed by atoms with Crippen LogP contribution >= 0.6 is 34.4 Å². The fraction of sp³-hybridized carbons (Fsp3) is 0.450. The molecule has 0 spiro atoms. The van der Waals surface area contributed by atoms with Crippen LogP contribution in [-0.4, -0.2) is 24.1 Å². The maximum absolute atomic E-state index is 13.3. The number of thiophene rings is 1. The van der Waals surface area contributed by atoms with E-state index in [9.17, 15) is 9.59 Å². The van der Waals surface area contributed by atoms with E-state index in [1.54, 1.807) is 22.8 Å². The van der Waals surface area contributed by atoms with Gasteiger partial charge in [-0.2, -0.15) is 9.61 Å². The largest absolute Gasteiger partial charge is 0.287 e. The quantitative estimate of drug-likeness (QED) is 0.342. The van der Waals surface area contributed by atoms with Gasteiger partial charge < -0.3 is 0 Å². The molecular weight excluding hydrogens is 438 g/mol. The van der Waals surface area contributed by atoms with Crippen molar-refractivity contribution in [1.29, 1.82) is 0 Å². The van der Waals surface area contributed by atoms with Crippen LogP contribution in [0.5, 0.6) is 0 Å². The summed E-state index contributed by atoms with van der Waals surface area (Å²) in [7, 11) is 0. The van der Waals surface area contributed by atoms with Crippen LogP contribution in [0.3, 0.4) is 0 Å². The van der Waals surface area contributed by atoms with Gasteiger partial charge in [0.2, 0.25) is 4.96 Å². The van der Waals surface area contributed by atoms with Gasteiger partial charge in [-0.25, -0.2) is 9.97 Å². The van der Waals surface area contributed by atoms with E-state index < -0.39 is 0 Å². The highest BCUT2D eigenvalue weighted by molar-refractivity contribution is 7.98. The molecule has 4 aromatic rings. The van der Waals surface area contributed by atoms with Crippen molar-refractivity contribution in [3.63, 3.8) is 0 Å². The van der Waals surface area contributed by atoms with Crippen molar-refractivity contribution < 1.29 is 0 Å². The average Bonchev–Trinajstić information content (AvgIpc) is 3.26. The third-order valence-electron chi connectivity index (χ3n) is 5.44. The number of rotatable bonds is 4. The first kappa shape index (κ1) is 19.9. The predicted molar refractivity (Wildman–Crippen MR) is 122 cm³/mol. The van der Waals surface area contributed by atoms with E-state index in [2.05, 4.69) is 17.0 Å². The van der Waals surface area contributed by atoms with E-state index in [-0.39, 0.29) is 11.1 Å². The Kier molecular flexibility index (Phi) is 5.03. The van der Waals surface area contributed by atoms with E-state index in [1.165, 1.54) is 44.1 Å². The summed E-state index contributed by atoms with van der Waals surface area (Å²) in [6, 6.07) is 1.48. The second kappa shape index (κ2) is 7.58. The molecule has 7 nitrogen and oxygen atoms in total.